The summed E-state index contributed by atoms with van der Waals surface area (Å²) >= 11 is 0. The van der Waals surface area contributed by atoms with E-state index in [1.807, 2.05) is 6.92 Å². The molecule has 2 fully saturated rings. The van der Waals surface area contributed by atoms with E-state index in [9.17, 15) is 28.8 Å². The summed E-state index contributed by atoms with van der Waals surface area (Å²) in [5.74, 6) is -1.46. The van der Waals surface area contributed by atoms with Gasteiger partial charge in [-0.05, 0) is 50.9 Å². The Morgan fingerprint density at radius 1 is 0.483 bits per heavy atom. The quantitative estimate of drug-likeness (QED) is 0.0880. The maximum atomic E-state index is 12.4. The highest BCUT2D eigenvalue weighted by Gasteiger charge is 2.30. The minimum absolute atomic E-state index is 0.0119. The van der Waals surface area contributed by atoms with Crippen LogP contribution in [0.1, 0.15) is 105 Å². The average Bonchev–Trinajstić information content (AvgIpc) is 3.13. The Hall–Kier alpha value is -2.94. The highest BCUT2D eigenvalue weighted by atomic mass is 16.4. The summed E-state index contributed by atoms with van der Waals surface area (Å²) in [6, 6.07) is 0. The molecule has 0 aliphatic carbocycles. The number of carbonyl (C=O) groups excluding carboxylic acids is 4. The van der Waals surface area contributed by atoms with E-state index >= 15 is 0 Å². The molecule has 0 aromatic rings. The SMILES string of the molecule is CC(=O)CCCC(=O)CC1(C)CNCCNCC(C)(N)CNCCNC1.CC1(CC(=O)CCCC(=O)O)CNCCNCC(C)(NC(=O)CCCC(=O)O)CNCCNC1. The number of nitrogens with one attached hydrogen (secondary N) is 9. The third-order valence-electron chi connectivity index (χ3n) is 10.5. The van der Waals surface area contributed by atoms with Crippen molar-refractivity contribution >= 4 is 35.2 Å². The third kappa shape index (κ3) is 29.3. The molecule has 18 heteroatoms. The molecule has 18 nitrogen and oxygen atoms in total. The minimum atomic E-state index is -0.904. The van der Waals surface area contributed by atoms with Gasteiger partial charge in [0.05, 0.1) is 5.54 Å². The molecule has 2 heterocycles. The minimum Gasteiger partial charge on any atom is -0.481 e. The topological polar surface area (TPSA) is 277 Å². The molecule has 0 aromatic heterocycles. The van der Waals surface area contributed by atoms with Gasteiger partial charge in [0.25, 0.3) is 0 Å². The molecule has 2 rings (SSSR count). The third-order valence-corrected chi connectivity index (χ3v) is 10.5. The Labute approximate surface area is 359 Å². The molecule has 0 saturated carbocycles. The fourth-order valence-corrected chi connectivity index (χ4v) is 7.23. The first-order valence-electron chi connectivity index (χ1n) is 22.0. The fourth-order valence-electron chi connectivity index (χ4n) is 7.23. The number of nitrogens with two attached hydrogens (primary N) is 1. The van der Waals surface area contributed by atoms with Crippen molar-refractivity contribution < 1.29 is 39.0 Å². The zero-order valence-corrected chi connectivity index (χ0v) is 37.5. The molecule has 1 amide bonds. The Morgan fingerprint density at radius 2 is 0.800 bits per heavy atom. The van der Waals surface area contributed by atoms with Gasteiger partial charge in [-0.15, -0.1) is 0 Å². The smallest absolute Gasteiger partial charge is 0.303 e. The second kappa shape index (κ2) is 30.2. The summed E-state index contributed by atoms with van der Waals surface area (Å²) in [4.78, 5) is 69.4. The predicted octanol–water partition coefficient (Wildman–Crippen LogP) is -0.491. The van der Waals surface area contributed by atoms with E-state index in [1.165, 1.54) is 0 Å². The highest BCUT2D eigenvalue weighted by molar-refractivity contribution is 5.81. The Morgan fingerprint density at radius 3 is 1.15 bits per heavy atom. The molecule has 2 aliphatic heterocycles. The molecule has 2 aliphatic rings. The van der Waals surface area contributed by atoms with Crippen LogP contribution in [0, 0.1) is 10.8 Å². The molecule has 60 heavy (non-hydrogen) atoms. The van der Waals surface area contributed by atoms with Crippen LogP contribution in [0.2, 0.25) is 0 Å². The molecule has 2 saturated heterocycles. The van der Waals surface area contributed by atoms with Gasteiger partial charge in [0, 0.05) is 162 Å². The molecule has 0 radical (unpaired) electrons. The molecule has 348 valence electrons. The van der Waals surface area contributed by atoms with Crippen molar-refractivity contribution in [3.8, 4) is 0 Å². The molecule has 0 unspecified atom stereocenters. The van der Waals surface area contributed by atoms with Crippen molar-refractivity contribution in [2.45, 2.75) is 116 Å². The number of hydrogen-bond donors (Lipinski definition) is 12. The van der Waals surface area contributed by atoms with E-state index in [2.05, 4.69) is 68.6 Å². The number of amides is 1. The molecule has 0 spiro atoms. The number of aliphatic carboxylic acids is 2. The number of carboxylic acid groups (broad SMARTS) is 2. The van der Waals surface area contributed by atoms with Crippen molar-refractivity contribution in [1.82, 2.24) is 47.9 Å². The van der Waals surface area contributed by atoms with Crippen molar-refractivity contribution in [3.05, 3.63) is 0 Å². The standard InChI is InChI=1S/C23H43N5O6.C19H39N5O2/c1-22(13-18(29)5-3-7-20(31)32)14-24-9-11-26-16-23(2,17-27-12-10-25-15-22)28-19(30)6-4-8-21(33)34;1-16(25)5-4-6-17(26)11-18(2)12-21-7-9-23-14-19(3,20)15-24-10-8-22-13-18/h24-27H,3-17H2,1-2H3,(H,28,30)(H,31,32)(H,33,34);21-24H,4-15,20H2,1-3H3. The average molecular weight is 855 g/mol. The summed E-state index contributed by atoms with van der Waals surface area (Å²) in [7, 11) is 0. The number of rotatable bonds is 17. The summed E-state index contributed by atoms with van der Waals surface area (Å²) in [5, 5.41) is 47.8. The van der Waals surface area contributed by atoms with Crippen LogP contribution in [0.25, 0.3) is 0 Å². The van der Waals surface area contributed by atoms with Crippen LogP contribution >= 0.6 is 0 Å². The van der Waals surface area contributed by atoms with Crippen molar-refractivity contribution in [1.29, 1.82) is 0 Å². The number of carboxylic acids is 2. The van der Waals surface area contributed by atoms with E-state index in [-0.39, 0.29) is 65.3 Å². The van der Waals surface area contributed by atoms with Gasteiger partial charge >= 0.3 is 11.9 Å². The van der Waals surface area contributed by atoms with Crippen molar-refractivity contribution in [2.24, 2.45) is 16.6 Å². The first-order valence-corrected chi connectivity index (χ1v) is 22.0. The van der Waals surface area contributed by atoms with Gasteiger partial charge in [0.1, 0.15) is 17.3 Å². The highest BCUT2D eigenvalue weighted by Crippen LogP contribution is 2.23. The van der Waals surface area contributed by atoms with Crippen LogP contribution in [0.4, 0.5) is 0 Å². The summed E-state index contributed by atoms with van der Waals surface area (Å²) in [5.41, 5.74) is 5.09. The van der Waals surface area contributed by atoms with Crippen molar-refractivity contribution in [2.75, 3.05) is 105 Å². The van der Waals surface area contributed by atoms with Crippen molar-refractivity contribution in [3.63, 3.8) is 0 Å². The Balaban J connectivity index is 0.000000622. The van der Waals surface area contributed by atoms with Crippen LogP contribution in [0.3, 0.4) is 0 Å². The monoisotopic (exact) mass is 855 g/mol. The van der Waals surface area contributed by atoms with Gasteiger partial charge in [-0.3, -0.25) is 24.0 Å². The lowest BCUT2D eigenvalue weighted by molar-refractivity contribution is -0.138. The van der Waals surface area contributed by atoms with Gasteiger partial charge in [-0.25, -0.2) is 0 Å². The summed E-state index contributed by atoms with van der Waals surface area (Å²) in [6.45, 7) is 21.4. The van der Waals surface area contributed by atoms with Crippen LogP contribution in [-0.2, 0) is 28.8 Å². The normalized spacial score (nSPS) is 27.1. The van der Waals surface area contributed by atoms with Gasteiger partial charge in [0.15, 0.2) is 0 Å². The Kier molecular flexibility index (Phi) is 27.7. The van der Waals surface area contributed by atoms with E-state index in [0.29, 0.717) is 97.3 Å². The molecule has 13 N–H and O–H groups in total. The second-order valence-corrected chi connectivity index (χ2v) is 18.3. The lowest BCUT2D eigenvalue weighted by atomic mass is 9.83. The number of ketones is 3. The van der Waals surface area contributed by atoms with Crippen LogP contribution < -0.4 is 53.6 Å². The van der Waals surface area contributed by atoms with E-state index in [1.54, 1.807) is 6.92 Å². The van der Waals surface area contributed by atoms with Crippen LogP contribution in [0.15, 0.2) is 0 Å². The van der Waals surface area contributed by atoms with Crippen LogP contribution in [0.5, 0.6) is 0 Å². The van der Waals surface area contributed by atoms with Gasteiger partial charge in [-0.1, -0.05) is 13.8 Å². The second-order valence-electron chi connectivity index (χ2n) is 18.3. The molecular formula is C42H82N10O8. The van der Waals surface area contributed by atoms with E-state index < -0.39 is 17.5 Å². The van der Waals surface area contributed by atoms with Gasteiger partial charge in [-0.2, -0.15) is 0 Å². The zero-order valence-electron chi connectivity index (χ0n) is 37.5. The largest absolute Gasteiger partial charge is 0.481 e. The number of carbonyl (C=O) groups is 6. The summed E-state index contributed by atoms with van der Waals surface area (Å²) in [6.07, 6.45) is 3.71. The first kappa shape index (κ1) is 55.1. The maximum Gasteiger partial charge on any atom is 0.303 e. The van der Waals surface area contributed by atoms with E-state index in [4.69, 9.17) is 15.9 Å². The van der Waals surface area contributed by atoms with Gasteiger partial charge < -0.3 is 68.6 Å². The van der Waals surface area contributed by atoms with Gasteiger partial charge in [0.2, 0.25) is 5.91 Å². The molecule has 0 bridgehead atoms. The molecule has 0 aromatic carbocycles. The van der Waals surface area contributed by atoms with E-state index in [0.717, 1.165) is 52.4 Å². The number of hydrogen-bond acceptors (Lipinski definition) is 15. The zero-order chi connectivity index (χ0) is 44.9. The lowest BCUT2D eigenvalue weighted by Crippen LogP contribution is -2.59. The Bertz CT molecular complexity index is 1210. The predicted molar refractivity (Wildman–Crippen MR) is 235 cm³/mol. The lowest BCUT2D eigenvalue weighted by Gasteiger charge is -2.33. The maximum absolute atomic E-state index is 12.4. The summed E-state index contributed by atoms with van der Waals surface area (Å²) < 4.78 is 0. The fraction of sp³-hybridized carbons (Fsp3) is 0.857. The molecular weight excluding hydrogens is 773 g/mol. The molecule has 0 atom stereocenters. The first-order chi connectivity index (χ1) is 28.3. The number of Topliss-reactive ketones (excluding diaryl/α,β-unsaturated/α-hetero) is 3. The van der Waals surface area contributed by atoms with Crippen LogP contribution in [-0.4, -0.2) is 161 Å².